The zero-order chi connectivity index (χ0) is 22.0. The normalized spacial score (nSPS) is 14.0. The van der Waals surface area contributed by atoms with Gasteiger partial charge in [-0.05, 0) is 63.6 Å². The van der Waals surface area contributed by atoms with Crippen molar-refractivity contribution in [1.29, 1.82) is 0 Å². The summed E-state index contributed by atoms with van der Waals surface area (Å²) >= 11 is 0. The van der Waals surface area contributed by atoms with Gasteiger partial charge < -0.3 is 0 Å². The third kappa shape index (κ3) is 4.43. The van der Waals surface area contributed by atoms with Gasteiger partial charge in [0.05, 0.1) is 11.1 Å². The minimum atomic E-state index is -0.341. The molecule has 2 aromatic carbocycles. The molecule has 0 bridgehead atoms. The molecule has 1 saturated carbocycles. The standard InChI is InChI=1S/C25H28N4O2/c1-16-13-17(2)23(18(3)14-16)24-20-11-7-8-12-21(20)25(31)29(28-24)15-22(30)27-26-19-9-5-4-6-10-19/h7-8,11-14H,4-6,9-10,15H2,1-3H3,(H,27,30). The fourth-order valence-electron chi connectivity index (χ4n) is 4.46. The summed E-state index contributed by atoms with van der Waals surface area (Å²) in [6, 6.07) is 11.7. The van der Waals surface area contributed by atoms with Crippen LogP contribution in [0, 0.1) is 20.8 Å². The quantitative estimate of drug-likeness (QED) is 0.640. The van der Waals surface area contributed by atoms with Crippen molar-refractivity contribution in [3.8, 4) is 11.3 Å². The van der Waals surface area contributed by atoms with Crippen molar-refractivity contribution in [3.05, 3.63) is 63.4 Å². The predicted molar refractivity (Wildman–Crippen MR) is 124 cm³/mol. The Morgan fingerprint density at radius 2 is 1.68 bits per heavy atom. The Balaban J connectivity index is 1.74. The fourth-order valence-corrected chi connectivity index (χ4v) is 4.46. The van der Waals surface area contributed by atoms with E-state index in [0.29, 0.717) is 5.39 Å². The highest BCUT2D eigenvalue weighted by atomic mass is 16.2. The molecule has 31 heavy (non-hydrogen) atoms. The summed E-state index contributed by atoms with van der Waals surface area (Å²) in [4.78, 5) is 25.6. The summed E-state index contributed by atoms with van der Waals surface area (Å²) in [5, 5.41) is 10.3. The first-order valence-electron chi connectivity index (χ1n) is 10.9. The van der Waals surface area contributed by atoms with E-state index in [1.54, 1.807) is 6.07 Å². The Labute approximate surface area is 182 Å². The summed E-state index contributed by atoms with van der Waals surface area (Å²) in [7, 11) is 0. The molecular formula is C25H28N4O2. The van der Waals surface area contributed by atoms with Crippen LogP contribution in [0.2, 0.25) is 0 Å². The third-order valence-corrected chi connectivity index (χ3v) is 5.84. The summed E-state index contributed by atoms with van der Waals surface area (Å²) < 4.78 is 1.26. The number of carbonyl (C=O) groups excluding carboxylic acids is 1. The molecule has 1 aromatic heterocycles. The number of hydrogen-bond donors (Lipinski definition) is 1. The van der Waals surface area contributed by atoms with Crippen LogP contribution >= 0.6 is 0 Å². The molecule has 0 aliphatic heterocycles. The van der Waals surface area contributed by atoms with Crippen molar-refractivity contribution in [2.75, 3.05) is 0 Å². The Hall–Kier alpha value is -3.28. The molecule has 1 N–H and O–H groups in total. The Morgan fingerprint density at radius 1 is 1.03 bits per heavy atom. The van der Waals surface area contributed by atoms with Gasteiger partial charge in [-0.25, -0.2) is 10.1 Å². The van der Waals surface area contributed by atoms with E-state index >= 15 is 0 Å². The number of aromatic nitrogens is 2. The van der Waals surface area contributed by atoms with E-state index < -0.39 is 0 Å². The van der Waals surface area contributed by atoms with Gasteiger partial charge in [0.2, 0.25) is 0 Å². The summed E-state index contributed by atoms with van der Waals surface area (Å²) in [6.07, 6.45) is 5.27. The molecule has 0 saturated heterocycles. The van der Waals surface area contributed by atoms with Gasteiger partial charge in [-0.1, -0.05) is 42.3 Å². The molecule has 1 heterocycles. The highest BCUT2D eigenvalue weighted by Gasteiger charge is 2.17. The van der Waals surface area contributed by atoms with Crippen molar-refractivity contribution >= 4 is 22.4 Å². The molecule has 3 aromatic rings. The number of rotatable bonds is 4. The molecule has 0 radical (unpaired) electrons. The van der Waals surface area contributed by atoms with E-state index in [1.807, 2.05) is 32.0 Å². The van der Waals surface area contributed by atoms with Gasteiger partial charge in [-0.3, -0.25) is 9.59 Å². The lowest BCUT2D eigenvalue weighted by atomic mass is 9.94. The van der Waals surface area contributed by atoms with Crippen molar-refractivity contribution in [3.63, 3.8) is 0 Å². The molecule has 1 amide bonds. The monoisotopic (exact) mass is 416 g/mol. The van der Waals surface area contributed by atoms with Crippen LogP contribution < -0.4 is 11.0 Å². The van der Waals surface area contributed by atoms with Crippen LogP contribution in [0.25, 0.3) is 22.0 Å². The van der Waals surface area contributed by atoms with Gasteiger partial charge in [-0.2, -0.15) is 10.2 Å². The number of benzene rings is 2. The molecule has 1 fully saturated rings. The summed E-state index contributed by atoms with van der Waals surface area (Å²) in [6.45, 7) is 5.99. The van der Waals surface area contributed by atoms with Crippen LogP contribution in [0.1, 0.15) is 48.8 Å². The lowest BCUT2D eigenvalue weighted by Gasteiger charge is -2.15. The van der Waals surface area contributed by atoms with Gasteiger partial charge in [0.15, 0.2) is 0 Å². The van der Waals surface area contributed by atoms with Crippen LogP contribution in [0.4, 0.5) is 0 Å². The Bertz CT molecular complexity index is 1210. The minimum absolute atomic E-state index is 0.169. The van der Waals surface area contributed by atoms with E-state index in [0.717, 1.165) is 59.2 Å². The summed E-state index contributed by atoms with van der Waals surface area (Å²) in [5.41, 5.74) is 8.44. The van der Waals surface area contributed by atoms with Gasteiger partial charge in [0.1, 0.15) is 6.54 Å². The van der Waals surface area contributed by atoms with Gasteiger partial charge in [0, 0.05) is 16.7 Å². The van der Waals surface area contributed by atoms with E-state index in [9.17, 15) is 9.59 Å². The number of amides is 1. The number of hydrogen-bond acceptors (Lipinski definition) is 4. The smallest absolute Gasteiger partial charge is 0.271 e. The number of aryl methyl sites for hydroxylation is 3. The maximum absolute atomic E-state index is 13.1. The van der Waals surface area contributed by atoms with Crippen molar-refractivity contribution in [1.82, 2.24) is 15.2 Å². The number of nitrogens with one attached hydrogen (secondary N) is 1. The van der Waals surface area contributed by atoms with E-state index in [2.05, 4.69) is 34.7 Å². The first-order chi connectivity index (χ1) is 14.9. The molecule has 0 unspecified atom stereocenters. The topological polar surface area (TPSA) is 76.3 Å². The first kappa shape index (κ1) is 21.0. The van der Waals surface area contributed by atoms with Gasteiger partial charge >= 0.3 is 0 Å². The molecule has 0 atom stereocenters. The van der Waals surface area contributed by atoms with E-state index in [1.165, 1.54) is 16.7 Å². The number of carbonyl (C=O) groups is 1. The second-order valence-electron chi connectivity index (χ2n) is 8.40. The maximum atomic E-state index is 13.1. The minimum Gasteiger partial charge on any atom is -0.271 e. The molecule has 4 rings (SSSR count). The molecule has 0 spiro atoms. The summed E-state index contributed by atoms with van der Waals surface area (Å²) in [5.74, 6) is -0.341. The van der Waals surface area contributed by atoms with E-state index in [-0.39, 0.29) is 18.0 Å². The molecule has 6 heteroatoms. The molecule has 160 valence electrons. The zero-order valence-corrected chi connectivity index (χ0v) is 18.4. The van der Waals surface area contributed by atoms with Gasteiger partial charge in [0.25, 0.3) is 11.5 Å². The first-order valence-corrected chi connectivity index (χ1v) is 10.9. The highest BCUT2D eigenvalue weighted by molar-refractivity contribution is 5.95. The Kier molecular flexibility index (Phi) is 5.98. The second kappa shape index (κ2) is 8.84. The van der Waals surface area contributed by atoms with Crippen molar-refractivity contribution in [2.45, 2.75) is 59.4 Å². The SMILES string of the molecule is Cc1cc(C)c(-c2nn(CC(=O)NN=C3CCCCC3)c(=O)c3ccccc23)c(C)c1. The van der Waals surface area contributed by atoms with Crippen molar-refractivity contribution < 1.29 is 4.79 Å². The van der Waals surface area contributed by atoms with Crippen LogP contribution in [0.3, 0.4) is 0 Å². The zero-order valence-electron chi connectivity index (χ0n) is 18.4. The molecule has 1 aliphatic rings. The molecular weight excluding hydrogens is 388 g/mol. The van der Waals surface area contributed by atoms with Crippen molar-refractivity contribution in [2.24, 2.45) is 5.10 Å². The molecule has 1 aliphatic carbocycles. The van der Waals surface area contributed by atoms with Crippen LogP contribution in [-0.2, 0) is 11.3 Å². The number of nitrogens with zero attached hydrogens (tertiary/aromatic N) is 3. The Morgan fingerprint density at radius 3 is 2.35 bits per heavy atom. The average Bonchev–Trinajstić information content (AvgIpc) is 2.75. The van der Waals surface area contributed by atoms with Crippen LogP contribution in [0.15, 0.2) is 46.3 Å². The van der Waals surface area contributed by atoms with Crippen LogP contribution in [0.5, 0.6) is 0 Å². The fraction of sp³-hybridized carbons (Fsp3) is 0.360. The second-order valence-corrected chi connectivity index (χ2v) is 8.40. The lowest BCUT2D eigenvalue weighted by Crippen LogP contribution is -2.32. The lowest BCUT2D eigenvalue weighted by molar-refractivity contribution is -0.121. The average molecular weight is 417 g/mol. The van der Waals surface area contributed by atoms with E-state index in [4.69, 9.17) is 0 Å². The van der Waals surface area contributed by atoms with Gasteiger partial charge in [-0.15, -0.1) is 0 Å². The van der Waals surface area contributed by atoms with Crippen LogP contribution in [-0.4, -0.2) is 21.4 Å². The molecule has 6 nitrogen and oxygen atoms in total. The highest BCUT2D eigenvalue weighted by Crippen LogP contribution is 2.31. The largest absolute Gasteiger partial charge is 0.275 e. The number of hydrazone groups is 1. The predicted octanol–water partition coefficient (Wildman–Crippen LogP) is 4.43. The number of fused-ring (bicyclic) bond motifs is 1. The third-order valence-electron chi connectivity index (χ3n) is 5.84. The maximum Gasteiger partial charge on any atom is 0.275 e.